The molecule has 0 radical (unpaired) electrons. The molecule has 0 aromatic heterocycles. The summed E-state index contributed by atoms with van der Waals surface area (Å²) in [7, 11) is 4.31. The molecule has 2 rings (SSSR count). The van der Waals surface area contributed by atoms with Gasteiger partial charge in [0, 0.05) is 37.4 Å². The Morgan fingerprint density at radius 3 is 2.89 bits per heavy atom. The zero-order valence-electron chi connectivity index (χ0n) is 11.2. The summed E-state index contributed by atoms with van der Waals surface area (Å²) >= 11 is 6.08. The lowest BCUT2D eigenvalue weighted by atomic mass is 10.1. The Labute approximate surface area is 115 Å². The number of likely N-dealkylation sites (tertiary alicyclic amines) is 1. The van der Waals surface area contributed by atoms with E-state index in [0.717, 1.165) is 23.0 Å². The first-order valence-electron chi connectivity index (χ1n) is 6.48. The first-order chi connectivity index (χ1) is 8.60. The van der Waals surface area contributed by atoms with Crippen molar-refractivity contribution in [2.75, 3.05) is 38.6 Å². The van der Waals surface area contributed by atoms with E-state index < -0.39 is 0 Å². The maximum Gasteiger partial charge on any atom is 0.0426 e. The maximum absolute atomic E-state index is 6.08. The van der Waals surface area contributed by atoms with Gasteiger partial charge in [-0.1, -0.05) is 17.7 Å². The molecule has 2 N–H and O–H groups in total. The third-order valence-electron chi connectivity index (χ3n) is 3.70. The number of halogens is 1. The molecule has 3 nitrogen and oxygen atoms in total. The van der Waals surface area contributed by atoms with Gasteiger partial charge in [0.15, 0.2) is 0 Å². The highest BCUT2D eigenvalue weighted by molar-refractivity contribution is 6.30. The average Bonchev–Trinajstić information content (AvgIpc) is 2.74. The van der Waals surface area contributed by atoms with Crippen molar-refractivity contribution in [2.45, 2.75) is 13.0 Å². The molecular weight excluding hydrogens is 246 g/mol. The lowest BCUT2D eigenvalue weighted by Gasteiger charge is -2.25. The Hall–Kier alpha value is -0.770. The molecular formula is C14H22ClN3. The van der Waals surface area contributed by atoms with Crippen LogP contribution in [0.4, 0.5) is 5.69 Å². The fraction of sp³-hybridized carbons (Fsp3) is 0.571. The molecule has 1 saturated heterocycles. The number of hydrogen-bond acceptors (Lipinski definition) is 3. The van der Waals surface area contributed by atoms with Crippen molar-refractivity contribution in [1.29, 1.82) is 0 Å². The standard InChI is InChI=1S/C14H22ClN3/c1-17-6-5-11(9-17)10-18(2)14-7-13(15)4-3-12(14)8-16/h3-4,7,11H,5-6,8-10,16H2,1-2H3. The molecule has 1 fully saturated rings. The Kier molecular flexibility index (Phi) is 4.49. The van der Waals surface area contributed by atoms with Gasteiger partial charge in [0.05, 0.1) is 0 Å². The molecule has 1 unspecified atom stereocenters. The first kappa shape index (κ1) is 13.7. The van der Waals surface area contributed by atoms with Crippen molar-refractivity contribution in [3.8, 4) is 0 Å². The number of hydrogen-bond donors (Lipinski definition) is 1. The molecule has 0 bridgehead atoms. The van der Waals surface area contributed by atoms with E-state index in [0.29, 0.717) is 6.54 Å². The van der Waals surface area contributed by atoms with E-state index in [1.54, 1.807) is 0 Å². The van der Waals surface area contributed by atoms with Crippen molar-refractivity contribution in [3.63, 3.8) is 0 Å². The van der Waals surface area contributed by atoms with Crippen molar-refractivity contribution in [3.05, 3.63) is 28.8 Å². The largest absolute Gasteiger partial charge is 0.374 e. The van der Waals surface area contributed by atoms with Gasteiger partial charge in [0.25, 0.3) is 0 Å². The Balaban J connectivity index is 2.08. The van der Waals surface area contributed by atoms with Crippen LogP contribution in [0.1, 0.15) is 12.0 Å². The first-order valence-corrected chi connectivity index (χ1v) is 6.86. The van der Waals surface area contributed by atoms with Crippen LogP contribution >= 0.6 is 11.6 Å². The summed E-state index contributed by atoms with van der Waals surface area (Å²) in [6.45, 7) is 4.01. The van der Waals surface area contributed by atoms with Crippen LogP contribution in [0.5, 0.6) is 0 Å². The minimum atomic E-state index is 0.557. The van der Waals surface area contributed by atoms with Gasteiger partial charge in [0.1, 0.15) is 0 Å². The van der Waals surface area contributed by atoms with Crippen LogP contribution in [0.25, 0.3) is 0 Å². The van der Waals surface area contributed by atoms with Crippen molar-refractivity contribution in [2.24, 2.45) is 11.7 Å². The summed E-state index contributed by atoms with van der Waals surface area (Å²) in [5.74, 6) is 0.740. The summed E-state index contributed by atoms with van der Waals surface area (Å²) in [5, 5.41) is 0.776. The van der Waals surface area contributed by atoms with Crippen LogP contribution in [0.15, 0.2) is 18.2 Å². The van der Waals surface area contributed by atoms with Gasteiger partial charge in [-0.3, -0.25) is 0 Å². The number of anilines is 1. The molecule has 4 heteroatoms. The van der Waals surface area contributed by atoms with Crippen molar-refractivity contribution in [1.82, 2.24) is 4.90 Å². The van der Waals surface area contributed by atoms with Crippen LogP contribution in [0, 0.1) is 5.92 Å². The zero-order valence-corrected chi connectivity index (χ0v) is 12.0. The maximum atomic E-state index is 6.08. The highest BCUT2D eigenvalue weighted by atomic mass is 35.5. The Morgan fingerprint density at radius 1 is 1.50 bits per heavy atom. The predicted octanol–water partition coefficient (Wildman–Crippen LogP) is 2.19. The molecule has 1 aliphatic heterocycles. The molecule has 1 aromatic rings. The molecule has 1 atom stereocenters. The molecule has 1 aliphatic rings. The van der Waals surface area contributed by atoms with Gasteiger partial charge in [-0.15, -0.1) is 0 Å². The molecule has 18 heavy (non-hydrogen) atoms. The lowest BCUT2D eigenvalue weighted by molar-refractivity contribution is 0.396. The highest BCUT2D eigenvalue weighted by Crippen LogP contribution is 2.26. The summed E-state index contributed by atoms with van der Waals surface area (Å²) in [6.07, 6.45) is 1.28. The highest BCUT2D eigenvalue weighted by Gasteiger charge is 2.21. The topological polar surface area (TPSA) is 32.5 Å². The SMILES string of the molecule is CN1CCC(CN(C)c2cc(Cl)ccc2CN)C1. The van der Waals surface area contributed by atoms with Gasteiger partial charge < -0.3 is 15.5 Å². The number of nitrogens with zero attached hydrogens (tertiary/aromatic N) is 2. The molecule has 100 valence electrons. The lowest BCUT2D eigenvalue weighted by Crippen LogP contribution is -2.28. The Bertz CT molecular complexity index is 408. The summed E-state index contributed by atoms with van der Waals surface area (Å²) < 4.78 is 0. The van der Waals surface area contributed by atoms with Gasteiger partial charge in [0.2, 0.25) is 0 Å². The van der Waals surface area contributed by atoms with E-state index in [2.05, 4.69) is 23.9 Å². The van der Waals surface area contributed by atoms with Crippen LogP contribution in [-0.2, 0) is 6.54 Å². The summed E-state index contributed by atoms with van der Waals surface area (Å²) in [4.78, 5) is 4.68. The third-order valence-corrected chi connectivity index (χ3v) is 3.93. The second-order valence-corrected chi connectivity index (χ2v) is 5.71. The van der Waals surface area contributed by atoms with Gasteiger partial charge in [-0.2, -0.15) is 0 Å². The summed E-state index contributed by atoms with van der Waals surface area (Å²) in [5.41, 5.74) is 8.12. The van der Waals surface area contributed by atoms with Gasteiger partial charge in [-0.05, 0) is 43.6 Å². The van der Waals surface area contributed by atoms with E-state index in [4.69, 9.17) is 17.3 Å². The van der Waals surface area contributed by atoms with E-state index in [1.165, 1.54) is 25.2 Å². The monoisotopic (exact) mass is 267 g/mol. The van der Waals surface area contributed by atoms with E-state index in [-0.39, 0.29) is 0 Å². The fourth-order valence-electron chi connectivity index (χ4n) is 2.73. The van der Waals surface area contributed by atoms with Crippen LogP contribution in [0.2, 0.25) is 5.02 Å². The quantitative estimate of drug-likeness (QED) is 0.908. The fourth-order valence-corrected chi connectivity index (χ4v) is 2.89. The molecule has 1 heterocycles. The summed E-state index contributed by atoms with van der Waals surface area (Å²) in [6, 6.07) is 5.95. The van der Waals surface area contributed by atoms with E-state index >= 15 is 0 Å². The van der Waals surface area contributed by atoms with Crippen molar-refractivity contribution >= 4 is 17.3 Å². The van der Waals surface area contributed by atoms with Crippen LogP contribution in [0.3, 0.4) is 0 Å². The normalized spacial score (nSPS) is 20.3. The molecule has 0 spiro atoms. The van der Waals surface area contributed by atoms with Crippen LogP contribution < -0.4 is 10.6 Å². The van der Waals surface area contributed by atoms with Gasteiger partial charge in [-0.25, -0.2) is 0 Å². The number of rotatable bonds is 4. The average molecular weight is 268 g/mol. The molecule has 1 aromatic carbocycles. The molecule has 0 amide bonds. The second kappa shape index (κ2) is 5.91. The number of nitrogens with two attached hydrogens (primary N) is 1. The molecule has 0 saturated carbocycles. The van der Waals surface area contributed by atoms with Crippen LogP contribution in [-0.4, -0.2) is 38.6 Å². The second-order valence-electron chi connectivity index (χ2n) is 5.27. The smallest absolute Gasteiger partial charge is 0.0426 e. The predicted molar refractivity (Wildman–Crippen MR) is 78.2 cm³/mol. The number of benzene rings is 1. The third kappa shape index (κ3) is 3.16. The minimum Gasteiger partial charge on any atom is -0.374 e. The Morgan fingerprint density at radius 2 is 2.28 bits per heavy atom. The minimum absolute atomic E-state index is 0.557. The van der Waals surface area contributed by atoms with Crippen molar-refractivity contribution < 1.29 is 0 Å². The van der Waals surface area contributed by atoms with Gasteiger partial charge >= 0.3 is 0 Å². The molecule has 0 aliphatic carbocycles. The zero-order chi connectivity index (χ0) is 13.1. The van der Waals surface area contributed by atoms with E-state index in [9.17, 15) is 0 Å². The van der Waals surface area contributed by atoms with E-state index in [1.807, 2.05) is 18.2 Å².